The Morgan fingerprint density at radius 1 is 1.35 bits per heavy atom. The highest BCUT2D eigenvalue weighted by molar-refractivity contribution is 5.38. The van der Waals surface area contributed by atoms with E-state index in [0.29, 0.717) is 5.88 Å². The summed E-state index contributed by atoms with van der Waals surface area (Å²) in [5.41, 5.74) is 0.253. The zero-order valence-electron chi connectivity index (χ0n) is 10.7. The Balaban J connectivity index is 2.05. The zero-order chi connectivity index (χ0) is 12.3. The third kappa shape index (κ3) is 2.66. The normalized spacial score (nSPS) is 19.1. The van der Waals surface area contributed by atoms with Gasteiger partial charge in [-0.05, 0) is 26.8 Å². The van der Waals surface area contributed by atoms with E-state index in [9.17, 15) is 0 Å². The van der Waals surface area contributed by atoms with E-state index in [0.717, 1.165) is 31.7 Å². The van der Waals surface area contributed by atoms with Gasteiger partial charge >= 0.3 is 0 Å². The van der Waals surface area contributed by atoms with Crippen molar-refractivity contribution in [2.24, 2.45) is 0 Å². The number of aromatic nitrogens is 2. The minimum Gasteiger partial charge on any atom is -0.480 e. The molecule has 1 aromatic heterocycles. The van der Waals surface area contributed by atoms with Gasteiger partial charge in [0.15, 0.2) is 5.82 Å². The van der Waals surface area contributed by atoms with Crippen molar-refractivity contribution in [1.29, 1.82) is 0 Å². The van der Waals surface area contributed by atoms with E-state index in [1.165, 1.54) is 0 Å². The molecule has 0 spiro atoms. The van der Waals surface area contributed by atoms with Crippen molar-refractivity contribution in [2.45, 2.75) is 25.3 Å². The fourth-order valence-corrected chi connectivity index (χ4v) is 2.07. The van der Waals surface area contributed by atoms with Crippen molar-refractivity contribution in [1.82, 2.24) is 15.3 Å². The largest absolute Gasteiger partial charge is 0.480 e. The highest BCUT2D eigenvalue weighted by Gasteiger charge is 2.28. The third-order valence-electron chi connectivity index (χ3n) is 3.60. The van der Waals surface area contributed by atoms with Crippen LogP contribution in [0, 0.1) is 0 Å². The maximum Gasteiger partial charge on any atom is 0.233 e. The van der Waals surface area contributed by atoms with Crippen LogP contribution < -0.4 is 15.0 Å². The molecule has 2 heterocycles. The molecule has 5 nitrogen and oxygen atoms in total. The summed E-state index contributed by atoms with van der Waals surface area (Å²) in [4.78, 5) is 10.8. The number of ether oxygens (including phenoxy) is 1. The van der Waals surface area contributed by atoms with Gasteiger partial charge in [0.1, 0.15) is 0 Å². The Bertz CT molecular complexity index is 375. The Morgan fingerprint density at radius 3 is 2.65 bits per heavy atom. The standard InChI is InChI=1S/C12H20N4O/c1-12(13-2)4-6-16(7-5-12)10-8-14-9-11(15-10)17-3/h8-9,13H,4-7H2,1-3H3. The molecule has 94 valence electrons. The third-order valence-corrected chi connectivity index (χ3v) is 3.60. The minimum atomic E-state index is 0.253. The van der Waals surface area contributed by atoms with Crippen molar-refractivity contribution in [3.8, 4) is 5.88 Å². The highest BCUT2D eigenvalue weighted by atomic mass is 16.5. The van der Waals surface area contributed by atoms with Crippen LogP contribution in [0.4, 0.5) is 5.82 Å². The molecule has 17 heavy (non-hydrogen) atoms. The molecule has 1 aliphatic heterocycles. The molecule has 0 aliphatic carbocycles. The van der Waals surface area contributed by atoms with Crippen molar-refractivity contribution < 1.29 is 4.74 Å². The van der Waals surface area contributed by atoms with Crippen molar-refractivity contribution >= 4 is 5.82 Å². The molecule has 0 bridgehead atoms. The van der Waals surface area contributed by atoms with Crippen molar-refractivity contribution in [3.63, 3.8) is 0 Å². The highest BCUT2D eigenvalue weighted by Crippen LogP contribution is 2.24. The van der Waals surface area contributed by atoms with Crippen LogP contribution in [0.15, 0.2) is 12.4 Å². The first-order valence-corrected chi connectivity index (χ1v) is 5.97. The molecular weight excluding hydrogens is 216 g/mol. The number of piperidine rings is 1. The second-order valence-electron chi connectivity index (χ2n) is 4.72. The quantitative estimate of drug-likeness (QED) is 0.850. The van der Waals surface area contributed by atoms with Gasteiger partial charge in [-0.2, -0.15) is 4.98 Å². The molecule has 0 unspecified atom stereocenters. The lowest BCUT2D eigenvalue weighted by Gasteiger charge is -2.39. The average molecular weight is 236 g/mol. The molecule has 0 amide bonds. The molecule has 0 aromatic carbocycles. The zero-order valence-corrected chi connectivity index (χ0v) is 10.7. The summed E-state index contributed by atoms with van der Waals surface area (Å²) in [6.45, 7) is 4.26. The summed E-state index contributed by atoms with van der Waals surface area (Å²) >= 11 is 0. The van der Waals surface area contributed by atoms with Crippen molar-refractivity contribution in [3.05, 3.63) is 12.4 Å². The summed E-state index contributed by atoms with van der Waals surface area (Å²) < 4.78 is 5.10. The van der Waals surface area contributed by atoms with Gasteiger partial charge in [0.2, 0.25) is 5.88 Å². The van der Waals surface area contributed by atoms with Gasteiger partial charge in [0.05, 0.1) is 19.5 Å². The van der Waals surface area contributed by atoms with Crippen LogP contribution in [0.2, 0.25) is 0 Å². The maximum atomic E-state index is 5.10. The topological polar surface area (TPSA) is 50.3 Å². The number of methoxy groups -OCH3 is 1. The van der Waals surface area contributed by atoms with E-state index in [4.69, 9.17) is 4.74 Å². The molecular formula is C12H20N4O. The second kappa shape index (κ2) is 4.87. The number of anilines is 1. The summed E-state index contributed by atoms with van der Waals surface area (Å²) in [6, 6.07) is 0. The van der Waals surface area contributed by atoms with Gasteiger partial charge in [-0.1, -0.05) is 0 Å². The number of nitrogens with one attached hydrogen (secondary N) is 1. The van der Waals surface area contributed by atoms with Crippen LogP contribution in [-0.4, -0.2) is 42.8 Å². The predicted molar refractivity (Wildman–Crippen MR) is 67.5 cm³/mol. The van der Waals surface area contributed by atoms with Crippen molar-refractivity contribution in [2.75, 3.05) is 32.1 Å². The van der Waals surface area contributed by atoms with Crippen LogP contribution >= 0.6 is 0 Å². The van der Waals surface area contributed by atoms with Crippen LogP contribution in [0.1, 0.15) is 19.8 Å². The Morgan fingerprint density at radius 2 is 2.06 bits per heavy atom. The molecule has 1 N–H and O–H groups in total. The number of nitrogens with zero attached hydrogens (tertiary/aromatic N) is 3. The van der Waals surface area contributed by atoms with E-state index in [1.54, 1.807) is 19.5 Å². The van der Waals surface area contributed by atoms with Gasteiger partial charge in [-0.25, -0.2) is 0 Å². The predicted octanol–water partition coefficient (Wildman–Crippen LogP) is 1.06. The smallest absolute Gasteiger partial charge is 0.233 e. The van der Waals surface area contributed by atoms with Crippen LogP contribution in [0.5, 0.6) is 5.88 Å². The summed E-state index contributed by atoms with van der Waals surface area (Å²) in [5.74, 6) is 1.48. The van der Waals surface area contributed by atoms with Gasteiger partial charge < -0.3 is 15.0 Å². The monoisotopic (exact) mass is 236 g/mol. The molecule has 0 radical (unpaired) electrons. The van der Waals surface area contributed by atoms with Crippen LogP contribution in [0.25, 0.3) is 0 Å². The summed E-state index contributed by atoms with van der Waals surface area (Å²) in [6.07, 6.45) is 5.65. The number of rotatable bonds is 3. The van der Waals surface area contributed by atoms with Gasteiger partial charge in [-0.15, -0.1) is 0 Å². The summed E-state index contributed by atoms with van der Waals surface area (Å²) in [7, 11) is 3.64. The van der Waals surface area contributed by atoms with Gasteiger partial charge in [0, 0.05) is 18.6 Å². The molecule has 1 saturated heterocycles. The average Bonchev–Trinajstić information content (AvgIpc) is 2.40. The number of hydrogen-bond donors (Lipinski definition) is 1. The first-order chi connectivity index (χ1) is 8.17. The Labute approximate surface area is 102 Å². The lowest BCUT2D eigenvalue weighted by molar-refractivity contribution is 0.304. The van der Waals surface area contributed by atoms with E-state index in [1.807, 2.05) is 7.05 Å². The molecule has 2 rings (SSSR count). The fourth-order valence-electron chi connectivity index (χ4n) is 2.07. The van der Waals surface area contributed by atoms with E-state index in [-0.39, 0.29) is 5.54 Å². The SMILES string of the molecule is CNC1(C)CCN(c2cncc(OC)n2)CC1. The van der Waals surface area contributed by atoms with Crippen LogP contribution in [-0.2, 0) is 0 Å². The fraction of sp³-hybridized carbons (Fsp3) is 0.667. The lowest BCUT2D eigenvalue weighted by Crippen LogP contribution is -2.50. The van der Waals surface area contributed by atoms with E-state index < -0.39 is 0 Å². The Kier molecular flexibility index (Phi) is 3.47. The molecule has 5 heteroatoms. The maximum absolute atomic E-state index is 5.10. The molecule has 0 saturated carbocycles. The summed E-state index contributed by atoms with van der Waals surface area (Å²) in [5, 5.41) is 3.39. The molecule has 1 aliphatic rings. The van der Waals surface area contributed by atoms with Gasteiger partial charge in [0.25, 0.3) is 0 Å². The van der Waals surface area contributed by atoms with E-state index >= 15 is 0 Å². The minimum absolute atomic E-state index is 0.253. The van der Waals surface area contributed by atoms with E-state index in [2.05, 4.69) is 27.1 Å². The second-order valence-corrected chi connectivity index (χ2v) is 4.72. The lowest BCUT2D eigenvalue weighted by atomic mass is 9.90. The first-order valence-electron chi connectivity index (χ1n) is 5.97. The Hall–Kier alpha value is -1.36. The molecule has 0 atom stereocenters. The first kappa shape index (κ1) is 12.1. The van der Waals surface area contributed by atoms with Crippen LogP contribution in [0.3, 0.4) is 0 Å². The molecule has 1 fully saturated rings. The number of hydrogen-bond acceptors (Lipinski definition) is 5. The molecule has 1 aromatic rings. The van der Waals surface area contributed by atoms with Gasteiger partial charge in [-0.3, -0.25) is 4.98 Å².